The normalized spacial score (nSPS) is 18.9. The van der Waals surface area contributed by atoms with Gasteiger partial charge >= 0.3 is 0 Å². The van der Waals surface area contributed by atoms with Crippen molar-refractivity contribution in [1.82, 2.24) is 15.6 Å². The van der Waals surface area contributed by atoms with Crippen LogP contribution >= 0.6 is 24.0 Å². The summed E-state index contributed by atoms with van der Waals surface area (Å²) in [5.74, 6) is 0.340. The number of guanidine groups is 1. The lowest BCUT2D eigenvalue weighted by Crippen LogP contribution is -2.37. The van der Waals surface area contributed by atoms with E-state index < -0.39 is 17.7 Å². The zero-order valence-electron chi connectivity index (χ0n) is 15.2. The molecule has 0 aliphatic carbocycles. The molecule has 1 atom stereocenters. The molecule has 2 N–H and O–H groups in total. The highest BCUT2D eigenvalue weighted by Crippen LogP contribution is 2.23. The molecule has 1 unspecified atom stereocenters. The van der Waals surface area contributed by atoms with Crippen LogP contribution in [0.5, 0.6) is 0 Å². The molecule has 0 amide bonds. The quantitative estimate of drug-likeness (QED) is 0.632. The van der Waals surface area contributed by atoms with Gasteiger partial charge in [0.15, 0.2) is 5.96 Å². The van der Waals surface area contributed by atoms with Gasteiger partial charge in [0.2, 0.25) is 0 Å². The first kappa shape index (κ1) is 20.7. The Labute approximate surface area is 179 Å². The molecule has 2 aliphatic rings. The molecule has 28 heavy (non-hydrogen) atoms. The second-order valence-electron chi connectivity index (χ2n) is 6.50. The zero-order chi connectivity index (χ0) is 18.6. The second kappa shape index (κ2) is 9.46. The molecule has 2 aromatic rings. The lowest BCUT2D eigenvalue weighted by molar-refractivity contribution is 0.122. The number of aromatic nitrogens is 1. The van der Waals surface area contributed by atoms with Gasteiger partial charge in [-0.25, -0.2) is 13.8 Å². The van der Waals surface area contributed by atoms with Crippen LogP contribution in [0.15, 0.2) is 41.5 Å². The maximum Gasteiger partial charge on any atom is 0.192 e. The minimum atomic E-state index is -0.563. The van der Waals surface area contributed by atoms with E-state index in [9.17, 15) is 8.78 Å². The molecule has 1 saturated heterocycles. The monoisotopic (exact) mass is 501 g/mol. The summed E-state index contributed by atoms with van der Waals surface area (Å²) in [5.41, 5.74) is 1.02. The van der Waals surface area contributed by atoms with Gasteiger partial charge in [-0.15, -0.1) is 24.0 Å². The zero-order valence-corrected chi connectivity index (χ0v) is 17.5. The fraction of sp³-hybridized carbons (Fsp3) is 0.368. The Morgan fingerprint density at radius 1 is 1.14 bits per heavy atom. The summed E-state index contributed by atoms with van der Waals surface area (Å²) in [6, 6.07) is 7.37. The molecule has 9 heteroatoms. The average Bonchev–Trinajstić information content (AvgIpc) is 3.16. The van der Waals surface area contributed by atoms with Crippen LogP contribution < -0.4 is 15.5 Å². The predicted octanol–water partition coefficient (Wildman–Crippen LogP) is 2.60. The van der Waals surface area contributed by atoms with E-state index in [0.29, 0.717) is 12.5 Å². The Bertz CT molecular complexity index is 807. The first-order valence-electron chi connectivity index (χ1n) is 8.97. The lowest BCUT2D eigenvalue weighted by Gasteiger charge is -2.27. The van der Waals surface area contributed by atoms with Crippen LogP contribution in [0.25, 0.3) is 0 Å². The molecule has 1 aromatic carbocycles. The summed E-state index contributed by atoms with van der Waals surface area (Å²) in [5, 5.41) is 6.19. The third-order valence-corrected chi connectivity index (χ3v) is 4.70. The number of hydrogen-bond donors (Lipinski definition) is 2. The summed E-state index contributed by atoms with van der Waals surface area (Å²) in [4.78, 5) is 11.0. The van der Waals surface area contributed by atoms with Crippen LogP contribution in [0.3, 0.4) is 0 Å². The molecule has 0 radical (unpaired) electrons. The van der Waals surface area contributed by atoms with Crippen LogP contribution in [0, 0.1) is 11.6 Å². The number of halogens is 3. The lowest BCUT2D eigenvalue weighted by atomic mass is 10.1. The average molecular weight is 501 g/mol. The Morgan fingerprint density at radius 2 is 1.89 bits per heavy atom. The highest BCUT2D eigenvalue weighted by Gasteiger charge is 2.25. The van der Waals surface area contributed by atoms with E-state index in [4.69, 9.17) is 4.74 Å². The van der Waals surface area contributed by atoms with E-state index in [0.717, 1.165) is 37.7 Å². The van der Waals surface area contributed by atoms with Gasteiger partial charge in [0.05, 0.1) is 25.8 Å². The maximum absolute atomic E-state index is 13.9. The molecular weight excluding hydrogens is 479 g/mol. The van der Waals surface area contributed by atoms with Gasteiger partial charge in [-0.1, -0.05) is 12.1 Å². The molecule has 4 rings (SSSR count). The van der Waals surface area contributed by atoms with Crippen molar-refractivity contribution in [3.8, 4) is 0 Å². The molecule has 1 fully saturated rings. The summed E-state index contributed by atoms with van der Waals surface area (Å²) < 4.78 is 33.1. The van der Waals surface area contributed by atoms with E-state index >= 15 is 0 Å². The van der Waals surface area contributed by atoms with E-state index in [-0.39, 0.29) is 36.1 Å². The van der Waals surface area contributed by atoms with Crippen LogP contribution in [-0.2, 0) is 11.3 Å². The molecule has 150 valence electrons. The van der Waals surface area contributed by atoms with E-state index in [1.807, 2.05) is 18.3 Å². The van der Waals surface area contributed by atoms with Gasteiger partial charge in [0, 0.05) is 31.4 Å². The number of morpholine rings is 1. The SMILES string of the molecule is Fc1cccc(F)c1C1CN=C(NCc2ccc(N3CCOCC3)nc2)N1.I. The molecule has 0 saturated carbocycles. The number of benzene rings is 1. The van der Waals surface area contributed by atoms with Gasteiger partial charge < -0.3 is 20.3 Å². The van der Waals surface area contributed by atoms with E-state index in [2.05, 4.69) is 25.5 Å². The van der Waals surface area contributed by atoms with Crippen LogP contribution in [0.2, 0.25) is 0 Å². The van der Waals surface area contributed by atoms with Gasteiger partial charge in [0.1, 0.15) is 17.5 Å². The van der Waals surface area contributed by atoms with Crippen molar-refractivity contribution >= 4 is 35.8 Å². The third kappa shape index (κ3) is 4.69. The number of rotatable bonds is 4. The van der Waals surface area contributed by atoms with Gasteiger partial charge in [-0.2, -0.15) is 0 Å². The van der Waals surface area contributed by atoms with Crippen LogP contribution in [0.1, 0.15) is 17.2 Å². The molecule has 6 nitrogen and oxygen atoms in total. The van der Waals surface area contributed by atoms with Crippen molar-refractivity contribution in [2.75, 3.05) is 37.7 Å². The topological polar surface area (TPSA) is 61.8 Å². The first-order chi connectivity index (χ1) is 13.2. The van der Waals surface area contributed by atoms with Crippen molar-refractivity contribution in [3.05, 3.63) is 59.3 Å². The summed E-state index contributed by atoms with van der Waals surface area (Å²) in [6.45, 7) is 3.95. The number of nitrogens with zero attached hydrogens (tertiary/aromatic N) is 3. The fourth-order valence-corrected chi connectivity index (χ4v) is 3.24. The molecule has 1 aromatic heterocycles. The Kier molecular flexibility index (Phi) is 7.00. The highest BCUT2D eigenvalue weighted by atomic mass is 127. The highest BCUT2D eigenvalue weighted by molar-refractivity contribution is 14.0. The van der Waals surface area contributed by atoms with Crippen molar-refractivity contribution in [2.24, 2.45) is 4.99 Å². The third-order valence-electron chi connectivity index (χ3n) is 4.70. The number of ether oxygens (including phenoxy) is 1. The number of nitrogens with one attached hydrogen (secondary N) is 2. The summed E-state index contributed by atoms with van der Waals surface area (Å²) >= 11 is 0. The minimum Gasteiger partial charge on any atom is -0.378 e. The summed E-state index contributed by atoms with van der Waals surface area (Å²) in [7, 11) is 0. The largest absolute Gasteiger partial charge is 0.378 e. The number of anilines is 1. The van der Waals surface area contributed by atoms with E-state index in [1.165, 1.54) is 18.2 Å². The van der Waals surface area contributed by atoms with Crippen molar-refractivity contribution in [3.63, 3.8) is 0 Å². The van der Waals surface area contributed by atoms with Crippen molar-refractivity contribution in [2.45, 2.75) is 12.6 Å². The molecule has 0 spiro atoms. The van der Waals surface area contributed by atoms with Crippen LogP contribution in [-0.4, -0.2) is 43.8 Å². The first-order valence-corrected chi connectivity index (χ1v) is 8.97. The minimum absolute atomic E-state index is 0. The Morgan fingerprint density at radius 3 is 2.57 bits per heavy atom. The molecule has 2 aliphatic heterocycles. The smallest absolute Gasteiger partial charge is 0.192 e. The summed E-state index contributed by atoms with van der Waals surface area (Å²) in [6.07, 6.45) is 1.82. The van der Waals surface area contributed by atoms with Gasteiger partial charge in [-0.3, -0.25) is 4.99 Å². The van der Waals surface area contributed by atoms with Crippen molar-refractivity contribution < 1.29 is 13.5 Å². The van der Waals surface area contributed by atoms with Crippen molar-refractivity contribution in [1.29, 1.82) is 0 Å². The fourth-order valence-electron chi connectivity index (χ4n) is 3.24. The predicted molar refractivity (Wildman–Crippen MR) is 114 cm³/mol. The number of hydrogen-bond acceptors (Lipinski definition) is 6. The van der Waals surface area contributed by atoms with Gasteiger partial charge in [-0.05, 0) is 23.8 Å². The molecular formula is C19H22F2IN5O. The number of aliphatic imine (C=N–C) groups is 1. The molecule has 0 bridgehead atoms. The molecule has 3 heterocycles. The Balaban J connectivity index is 0.00000225. The maximum atomic E-state index is 13.9. The van der Waals surface area contributed by atoms with E-state index in [1.54, 1.807) is 0 Å². The number of pyridine rings is 1. The van der Waals surface area contributed by atoms with Crippen LogP contribution in [0.4, 0.5) is 14.6 Å². The van der Waals surface area contributed by atoms with Gasteiger partial charge in [0.25, 0.3) is 0 Å². The standard InChI is InChI=1S/C19H21F2N5O.HI/c20-14-2-1-3-15(21)18(14)16-12-24-19(25-16)23-11-13-4-5-17(22-10-13)26-6-8-27-9-7-26;/h1-5,10,16H,6-9,11-12H2,(H2,23,24,25);1H. The second-order valence-corrected chi connectivity index (χ2v) is 6.50. The Hall–Kier alpha value is -2.01.